The van der Waals surface area contributed by atoms with Crippen LogP contribution in [0.1, 0.15) is 53.2 Å². The molecule has 6 N–H and O–H groups in total. The van der Waals surface area contributed by atoms with Crippen LogP contribution in [0.3, 0.4) is 0 Å². The van der Waals surface area contributed by atoms with Crippen LogP contribution in [0.15, 0.2) is 12.7 Å². The van der Waals surface area contributed by atoms with Gasteiger partial charge in [0.05, 0.1) is 12.4 Å². The van der Waals surface area contributed by atoms with Crippen molar-refractivity contribution in [3.05, 3.63) is 22.8 Å². The SMILES string of the molecule is CC(C)[C@H](N)C(=O)O[C@@H]1[C@H](OC(=O)[C@@H](N)C(C)C)[C@@H](CO[N+](=O)[O-])O[C@H]1n1cnc2c(N[C@@H]3CC[C@@H](O)C3)ncnc21. The van der Waals surface area contributed by atoms with E-state index in [0.29, 0.717) is 24.2 Å². The second kappa shape index (κ2) is 13.1. The second-order valence-electron chi connectivity index (χ2n) is 11.3. The van der Waals surface area contributed by atoms with Crippen LogP contribution in [0, 0.1) is 22.0 Å². The maximum absolute atomic E-state index is 13.1. The number of fused-ring (bicyclic) bond motifs is 1. The van der Waals surface area contributed by atoms with E-state index in [1.807, 2.05) is 0 Å². The van der Waals surface area contributed by atoms with Crippen molar-refractivity contribution in [3.63, 3.8) is 0 Å². The molecule has 1 aliphatic carbocycles. The molecule has 4 rings (SSSR count). The quantitative estimate of drug-likeness (QED) is 0.144. The van der Waals surface area contributed by atoms with Crippen LogP contribution >= 0.6 is 0 Å². The molecule has 17 heteroatoms. The van der Waals surface area contributed by atoms with Crippen molar-refractivity contribution >= 4 is 28.9 Å². The average molecular weight is 595 g/mol. The first-order chi connectivity index (χ1) is 19.9. The van der Waals surface area contributed by atoms with Gasteiger partial charge in [-0.05, 0) is 31.1 Å². The molecule has 0 unspecified atom stereocenters. The molecule has 2 fully saturated rings. The second-order valence-corrected chi connectivity index (χ2v) is 11.3. The van der Waals surface area contributed by atoms with Gasteiger partial charge in [-0.1, -0.05) is 27.7 Å². The maximum atomic E-state index is 13.1. The van der Waals surface area contributed by atoms with Gasteiger partial charge in [0.15, 0.2) is 35.4 Å². The van der Waals surface area contributed by atoms with E-state index < -0.39 is 66.4 Å². The predicted octanol–water partition coefficient (Wildman–Crippen LogP) is 0.0475. The Bertz CT molecular complexity index is 1270. The number of carbonyl (C=O) groups is 2. The first-order valence-corrected chi connectivity index (χ1v) is 13.8. The molecule has 0 bridgehead atoms. The zero-order chi connectivity index (χ0) is 30.7. The van der Waals surface area contributed by atoms with Crippen LogP contribution in [-0.2, 0) is 28.6 Å². The fraction of sp³-hybridized carbons (Fsp3) is 0.720. The van der Waals surface area contributed by atoms with Crippen molar-refractivity contribution in [2.45, 2.75) is 95.7 Å². The number of rotatable bonds is 12. The minimum Gasteiger partial charge on any atom is -0.454 e. The van der Waals surface area contributed by atoms with E-state index in [9.17, 15) is 24.8 Å². The highest BCUT2D eigenvalue weighted by Gasteiger charge is 2.52. The number of aliphatic hydroxyl groups excluding tert-OH is 1. The number of ether oxygens (including phenoxy) is 3. The van der Waals surface area contributed by atoms with Gasteiger partial charge in [-0.25, -0.2) is 15.0 Å². The van der Waals surface area contributed by atoms with Crippen molar-refractivity contribution < 1.29 is 38.8 Å². The molecule has 0 radical (unpaired) electrons. The molecule has 0 spiro atoms. The van der Waals surface area contributed by atoms with Gasteiger partial charge in [0.25, 0.3) is 5.09 Å². The third kappa shape index (κ3) is 6.86. The predicted molar refractivity (Wildman–Crippen MR) is 145 cm³/mol. The number of anilines is 1. The first kappa shape index (κ1) is 31.3. The Kier molecular flexibility index (Phi) is 9.75. The molecule has 2 aliphatic rings. The Morgan fingerprint density at radius 2 is 1.76 bits per heavy atom. The summed E-state index contributed by atoms with van der Waals surface area (Å²) < 4.78 is 19.0. The van der Waals surface area contributed by atoms with Crippen LogP contribution in [0.2, 0.25) is 0 Å². The number of aliphatic hydroxyl groups is 1. The fourth-order valence-electron chi connectivity index (χ4n) is 4.86. The van der Waals surface area contributed by atoms with E-state index in [-0.39, 0.29) is 23.5 Å². The molecule has 42 heavy (non-hydrogen) atoms. The summed E-state index contributed by atoms with van der Waals surface area (Å²) in [6.07, 6.45) is -0.881. The van der Waals surface area contributed by atoms with E-state index >= 15 is 0 Å². The highest BCUT2D eigenvalue weighted by molar-refractivity contribution is 5.83. The number of nitrogens with one attached hydrogen (secondary N) is 1. The van der Waals surface area contributed by atoms with Gasteiger partial charge < -0.3 is 40.9 Å². The Hall–Kier alpha value is -3.67. The largest absolute Gasteiger partial charge is 0.454 e. The minimum absolute atomic E-state index is 0.0187. The molecule has 0 amide bonds. The van der Waals surface area contributed by atoms with Gasteiger partial charge >= 0.3 is 11.9 Å². The van der Waals surface area contributed by atoms with Gasteiger partial charge in [0.1, 0.15) is 31.1 Å². The average Bonchev–Trinajstić information content (AvgIpc) is 3.64. The number of nitrogens with zero attached hydrogens (tertiary/aromatic N) is 5. The van der Waals surface area contributed by atoms with Gasteiger partial charge in [0, 0.05) is 6.04 Å². The Balaban J connectivity index is 1.72. The van der Waals surface area contributed by atoms with Crippen LogP contribution in [-0.4, -0.2) is 90.8 Å². The van der Waals surface area contributed by atoms with Crippen molar-refractivity contribution in [2.24, 2.45) is 23.3 Å². The number of aromatic nitrogens is 4. The van der Waals surface area contributed by atoms with Crippen molar-refractivity contribution in [2.75, 3.05) is 11.9 Å². The van der Waals surface area contributed by atoms with Crippen molar-refractivity contribution in [1.82, 2.24) is 19.5 Å². The van der Waals surface area contributed by atoms with Crippen LogP contribution in [0.5, 0.6) is 0 Å². The van der Waals surface area contributed by atoms with Gasteiger partial charge in [-0.15, -0.1) is 10.1 Å². The number of nitrogens with two attached hydrogens (primary N) is 2. The van der Waals surface area contributed by atoms with Crippen LogP contribution in [0.25, 0.3) is 11.2 Å². The summed E-state index contributed by atoms with van der Waals surface area (Å²) in [5.74, 6) is -1.77. The molecule has 232 valence electrons. The highest BCUT2D eigenvalue weighted by atomic mass is 17.0. The molecular formula is C25H38N8O9. The molecule has 0 aromatic carbocycles. The Morgan fingerprint density at radius 1 is 1.12 bits per heavy atom. The standard InChI is InChI=1S/C25H38N8O9/c1-11(2)16(26)24(35)41-19-15(8-39-33(37)38)40-23(20(19)42-25(36)17(27)12(3)4)32-10-30-18-21(28-9-29-22(18)32)31-13-5-6-14(34)7-13/h9-17,19-20,23,34H,5-8,26-27H2,1-4H3,(H,28,29,31)/t13-,14-,15-,16+,17+,19-,20-,23-/m1/s1. The van der Waals surface area contributed by atoms with E-state index in [1.54, 1.807) is 27.7 Å². The van der Waals surface area contributed by atoms with Crippen molar-refractivity contribution in [1.29, 1.82) is 0 Å². The monoisotopic (exact) mass is 594 g/mol. The number of imidazole rings is 1. The topological polar surface area (TPSA) is 242 Å². The molecule has 3 heterocycles. The summed E-state index contributed by atoms with van der Waals surface area (Å²) in [5.41, 5.74) is 12.7. The lowest BCUT2D eigenvalue weighted by Gasteiger charge is -2.27. The number of hydrogen-bond donors (Lipinski definition) is 4. The number of esters is 2. The molecule has 1 aliphatic heterocycles. The highest BCUT2D eigenvalue weighted by Crippen LogP contribution is 2.37. The van der Waals surface area contributed by atoms with Crippen LogP contribution < -0.4 is 16.8 Å². The summed E-state index contributed by atoms with van der Waals surface area (Å²) in [4.78, 5) is 54.7. The molecule has 2 aromatic heterocycles. The minimum atomic E-state index is -1.35. The summed E-state index contributed by atoms with van der Waals surface area (Å²) >= 11 is 0. The third-order valence-electron chi connectivity index (χ3n) is 7.49. The normalized spacial score (nSPS) is 27.3. The summed E-state index contributed by atoms with van der Waals surface area (Å²) in [5, 5.41) is 23.2. The van der Waals surface area contributed by atoms with Crippen LogP contribution in [0.4, 0.5) is 5.82 Å². The van der Waals surface area contributed by atoms with Gasteiger partial charge in [-0.3, -0.25) is 14.2 Å². The smallest absolute Gasteiger partial charge is 0.323 e. The zero-order valence-electron chi connectivity index (χ0n) is 23.9. The van der Waals surface area contributed by atoms with E-state index in [1.165, 1.54) is 17.2 Å². The molecule has 1 saturated heterocycles. The van der Waals surface area contributed by atoms with E-state index in [0.717, 1.165) is 6.42 Å². The van der Waals surface area contributed by atoms with E-state index in [2.05, 4.69) is 25.1 Å². The number of hydrogen-bond acceptors (Lipinski definition) is 15. The Labute approximate surface area is 241 Å². The molecule has 17 nitrogen and oxygen atoms in total. The molecule has 8 atom stereocenters. The fourth-order valence-corrected chi connectivity index (χ4v) is 4.86. The lowest BCUT2D eigenvalue weighted by molar-refractivity contribution is -0.759. The summed E-state index contributed by atoms with van der Waals surface area (Å²) in [7, 11) is 0. The molecule has 2 aromatic rings. The molecular weight excluding hydrogens is 556 g/mol. The Morgan fingerprint density at radius 3 is 2.33 bits per heavy atom. The lowest BCUT2D eigenvalue weighted by Crippen LogP contribution is -2.48. The maximum Gasteiger partial charge on any atom is 0.323 e. The first-order valence-electron chi connectivity index (χ1n) is 13.8. The lowest BCUT2D eigenvalue weighted by atomic mass is 10.0. The third-order valence-corrected chi connectivity index (χ3v) is 7.49. The molecule has 1 saturated carbocycles. The van der Waals surface area contributed by atoms with Gasteiger partial charge in [-0.2, -0.15) is 0 Å². The summed E-state index contributed by atoms with van der Waals surface area (Å²) in [6, 6.07) is -2.07. The zero-order valence-corrected chi connectivity index (χ0v) is 23.9. The van der Waals surface area contributed by atoms with Gasteiger partial charge in [0.2, 0.25) is 0 Å². The van der Waals surface area contributed by atoms with E-state index in [4.69, 9.17) is 25.7 Å². The van der Waals surface area contributed by atoms with Crippen molar-refractivity contribution in [3.8, 4) is 0 Å². The number of carbonyl (C=O) groups excluding carboxylic acids is 2. The summed E-state index contributed by atoms with van der Waals surface area (Å²) in [6.45, 7) is 6.28.